The van der Waals surface area contributed by atoms with Crippen LogP contribution in [-0.2, 0) is 16.6 Å². The van der Waals surface area contributed by atoms with Crippen LogP contribution in [0.5, 0.6) is 0 Å². The van der Waals surface area contributed by atoms with Gasteiger partial charge in [-0.05, 0) is 32.1 Å². The average molecular weight is 378 g/mol. The van der Waals surface area contributed by atoms with Gasteiger partial charge in [0.2, 0.25) is 11.8 Å². The van der Waals surface area contributed by atoms with Crippen LogP contribution in [0.1, 0.15) is 44.9 Å². The van der Waals surface area contributed by atoms with Gasteiger partial charge >= 0.3 is 0 Å². The normalized spacial score (nSPS) is 27.0. The highest BCUT2D eigenvalue weighted by atomic mass is 32.2. The van der Waals surface area contributed by atoms with Crippen LogP contribution in [0.15, 0.2) is 11.5 Å². The Balaban J connectivity index is 1.37. The van der Waals surface area contributed by atoms with Crippen LogP contribution in [0.4, 0.5) is 0 Å². The fraction of sp³-hybridized carbons (Fsp3) is 0.778. The molecule has 1 atom stereocenters. The third kappa shape index (κ3) is 3.23. The Morgan fingerprint density at radius 2 is 2.08 bits per heavy atom. The van der Waals surface area contributed by atoms with Crippen molar-refractivity contribution in [2.45, 2.75) is 56.1 Å². The maximum absolute atomic E-state index is 13.3. The van der Waals surface area contributed by atoms with Gasteiger partial charge in [0.25, 0.3) is 0 Å². The predicted molar refractivity (Wildman–Crippen MR) is 98.6 cm³/mol. The van der Waals surface area contributed by atoms with E-state index in [2.05, 4.69) is 15.1 Å². The Kier molecular flexibility index (Phi) is 4.94. The second-order valence-electron chi connectivity index (χ2n) is 7.90. The summed E-state index contributed by atoms with van der Waals surface area (Å²) in [5.41, 5.74) is -0.327. The van der Waals surface area contributed by atoms with E-state index >= 15 is 0 Å². The van der Waals surface area contributed by atoms with E-state index in [0.717, 1.165) is 43.8 Å². The van der Waals surface area contributed by atoms with Gasteiger partial charge in [0.15, 0.2) is 5.16 Å². The van der Waals surface area contributed by atoms with Crippen LogP contribution >= 0.6 is 11.8 Å². The second-order valence-corrected chi connectivity index (χ2v) is 8.84. The Morgan fingerprint density at radius 1 is 1.27 bits per heavy atom. The van der Waals surface area contributed by atoms with Gasteiger partial charge in [-0.3, -0.25) is 9.59 Å². The van der Waals surface area contributed by atoms with Crippen LogP contribution < -0.4 is 0 Å². The first-order valence-corrected chi connectivity index (χ1v) is 10.6. The number of carbonyl (C=O) groups is 2. The number of aromatic nitrogens is 3. The third-order valence-corrected chi connectivity index (χ3v) is 7.25. The lowest BCUT2D eigenvalue weighted by molar-refractivity contribution is -0.148. The number of hydrogen-bond donors (Lipinski definition) is 0. The van der Waals surface area contributed by atoms with Gasteiger partial charge < -0.3 is 14.4 Å². The molecule has 0 bridgehead atoms. The van der Waals surface area contributed by atoms with Crippen molar-refractivity contribution in [3.8, 4) is 0 Å². The molecular formula is C18H27N5O2S. The van der Waals surface area contributed by atoms with Gasteiger partial charge in [-0.2, -0.15) is 0 Å². The van der Waals surface area contributed by atoms with Crippen molar-refractivity contribution in [2.75, 3.05) is 25.4 Å². The number of thioether (sulfide) groups is 1. The number of amides is 2. The van der Waals surface area contributed by atoms with Crippen molar-refractivity contribution < 1.29 is 9.59 Å². The minimum absolute atomic E-state index is 0.0978. The molecule has 1 unspecified atom stereocenters. The van der Waals surface area contributed by atoms with Crippen molar-refractivity contribution in [2.24, 2.45) is 12.5 Å². The van der Waals surface area contributed by atoms with E-state index in [9.17, 15) is 9.59 Å². The van der Waals surface area contributed by atoms with Crippen LogP contribution in [0, 0.1) is 5.41 Å². The first-order chi connectivity index (χ1) is 12.6. The van der Waals surface area contributed by atoms with E-state index in [1.807, 2.05) is 16.5 Å². The summed E-state index contributed by atoms with van der Waals surface area (Å²) in [6.45, 7) is 2.19. The van der Waals surface area contributed by atoms with Crippen LogP contribution in [0.2, 0.25) is 0 Å². The monoisotopic (exact) mass is 377 g/mol. The molecular weight excluding hydrogens is 350 g/mol. The minimum atomic E-state index is -0.327. The van der Waals surface area contributed by atoms with Crippen molar-refractivity contribution in [1.82, 2.24) is 24.6 Å². The molecule has 7 nitrogen and oxygen atoms in total. The molecule has 2 amide bonds. The maximum Gasteiger partial charge on any atom is 0.233 e. The summed E-state index contributed by atoms with van der Waals surface area (Å²) in [7, 11) is 1.87. The molecule has 8 heteroatoms. The molecule has 0 N–H and O–H groups in total. The van der Waals surface area contributed by atoms with E-state index in [-0.39, 0.29) is 11.3 Å². The van der Waals surface area contributed by atoms with Gasteiger partial charge in [-0.15, -0.1) is 10.2 Å². The zero-order valence-electron chi connectivity index (χ0n) is 15.4. The molecule has 2 aliphatic heterocycles. The molecule has 2 saturated heterocycles. The highest BCUT2D eigenvalue weighted by molar-refractivity contribution is 7.99. The summed E-state index contributed by atoms with van der Waals surface area (Å²) < 4.78 is 1.81. The smallest absolute Gasteiger partial charge is 0.233 e. The number of hydrogen-bond acceptors (Lipinski definition) is 5. The fourth-order valence-electron chi connectivity index (χ4n) is 4.75. The Hall–Kier alpha value is -1.57. The molecule has 3 fully saturated rings. The molecule has 1 spiro atoms. The molecule has 26 heavy (non-hydrogen) atoms. The molecule has 1 saturated carbocycles. The molecule has 0 aromatic carbocycles. The lowest BCUT2D eigenvalue weighted by Gasteiger charge is -2.42. The summed E-state index contributed by atoms with van der Waals surface area (Å²) in [5.74, 6) is 0.760. The van der Waals surface area contributed by atoms with E-state index < -0.39 is 0 Å². The number of aryl methyl sites for hydroxylation is 1. The molecule has 1 aromatic rings. The highest BCUT2D eigenvalue weighted by Crippen LogP contribution is 2.42. The Morgan fingerprint density at radius 3 is 2.81 bits per heavy atom. The average Bonchev–Trinajstić information content (AvgIpc) is 3.37. The SMILES string of the molecule is Cn1cnnc1SCC(=O)N1CCC2(CCCN(C3CCCC3)C2=O)C1. The van der Waals surface area contributed by atoms with Crippen LogP contribution in [0.25, 0.3) is 0 Å². The van der Waals surface area contributed by atoms with Gasteiger partial charge in [0.05, 0.1) is 11.2 Å². The van der Waals surface area contributed by atoms with Gasteiger partial charge in [0.1, 0.15) is 6.33 Å². The molecule has 142 valence electrons. The lowest BCUT2D eigenvalue weighted by Crippen LogP contribution is -2.53. The van der Waals surface area contributed by atoms with E-state index in [1.54, 1.807) is 6.33 Å². The quantitative estimate of drug-likeness (QED) is 0.747. The topological polar surface area (TPSA) is 71.3 Å². The molecule has 0 radical (unpaired) electrons. The van der Waals surface area contributed by atoms with E-state index in [0.29, 0.717) is 30.8 Å². The minimum Gasteiger partial charge on any atom is -0.341 e. The Labute approximate surface area is 158 Å². The molecule has 4 rings (SSSR count). The summed E-state index contributed by atoms with van der Waals surface area (Å²) in [4.78, 5) is 29.9. The van der Waals surface area contributed by atoms with E-state index in [4.69, 9.17) is 0 Å². The summed E-state index contributed by atoms with van der Waals surface area (Å²) in [5, 5.41) is 8.59. The maximum atomic E-state index is 13.3. The number of carbonyl (C=O) groups excluding carboxylic acids is 2. The molecule has 1 aromatic heterocycles. The third-order valence-electron chi connectivity index (χ3n) is 6.24. The molecule has 3 heterocycles. The van der Waals surface area contributed by atoms with Gasteiger partial charge in [0, 0.05) is 32.7 Å². The number of piperidine rings is 1. The largest absolute Gasteiger partial charge is 0.341 e. The summed E-state index contributed by atoms with van der Waals surface area (Å²) in [6.07, 6.45) is 9.23. The van der Waals surface area contributed by atoms with Crippen molar-refractivity contribution >= 4 is 23.6 Å². The number of rotatable bonds is 4. The summed E-state index contributed by atoms with van der Waals surface area (Å²) in [6, 6.07) is 0.441. The van der Waals surface area contributed by atoms with Crippen molar-refractivity contribution in [3.05, 3.63) is 6.33 Å². The second kappa shape index (κ2) is 7.21. The molecule has 1 aliphatic carbocycles. The van der Waals surface area contributed by atoms with Gasteiger partial charge in [-0.1, -0.05) is 24.6 Å². The zero-order chi connectivity index (χ0) is 18.1. The number of nitrogens with zero attached hydrogens (tertiary/aromatic N) is 5. The van der Waals surface area contributed by atoms with Gasteiger partial charge in [-0.25, -0.2) is 0 Å². The zero-order valence-corrected chi connectivity index (χ0v) is 16.2. The summed E-state index contributed by atoms with van der Waals surface area (Å²) >= 11 is 1.41. The van der Waals surface area contributed by atoms with Crippen molar-refractivity contribution in [1.29, 1.82) is 0 Å². The highest BCUT2D eigenvalue weighted by Gasteiger charge is 2.50. The Bertz CT molecular complexity index is 687. The molecule has 3 aliphatic rings. The van der Waals surface area contributed by atoms with Crippen LogP contribution in [0.3, 0.4) is 0 Å². The lowest BCUT2D eigenvalue weighted by atomic mass is 9.77. The predicted octanol–water partition coefficient (Wildman–Crippen LogP) is 1.69. The van der Waals surface area contributed by atoms with Crippen molar-refractivity contribution in [3.63, 3.8) is 0 Å². The van der Waals surface area contributed by atoms with Crippen LogP contribution in [-0.4, -0.2) is 67.8 Å². The number of likely N-dealkylation sites (tertiary alicyclic amines) is 2. The fourth-order valence-corrected chi connectivity index (χ4v) is 5.54. The van der Waals surface area contributed by atoms with E-state index in [1.165, 1.54) is 24.6 Å². The first kappa shape index (κ1) is 17.8. The standard InChI is InChI=1S/C18H27N5O2S/c1-21-13-19-20-17(21)26-11-15(24)22-10-8-18(12-22)7-4-9-23(16(18)25)14-5-2-3-6-14/h13-14H,2-12H2,1H3. The first-order valence-electron chi connectivity index (χ1n) is 9.65.